The number of carbonyl (C=O) groups is 1. The van der Waals surface area contributed by atoms with Crippen molar-refractivity contribution >= 4 is 45.9 Å². The van der Waals surface area contributed by atoms with Gasteiger partial charge in [0.05, 0.1) is 41.6 Å². The number of anilines is 1. The summed E-state index contributed by atoms with van der Waals surface area (Å²) in [5.41, 5.74) is 0.964. The van der Waals surface area contributed by atoms with Gasteiger partial charge in [0.2, 0.25) is 5.91 Å². The van der Waals surface area contributed by atoms with E-state index in [1.807, 2.05) is 12.1 Å². The number of aromatic nitrogens is 2. The molecule has 4 rings (SSSR count). The molecule has 0 spiro atoms. The maximum absolute atomic E-state index is 13.2. The van der Waals surface area contributed by atoms with Crippen LogP contribution < -0.4 is 15.6 Å². The highest BCUT2D eigenvalue weighted by Crippen LogP contribution is 2.30. The summed E-state index contributed by atoms with van der Waals surface area (Å²) in [4.78, 5) is 30.9. The molecule has 1 amide bonds. The second-order valence-electron chi connectivity index (χ2n) is 7.56. The monoisotopic (exact) mass is 473 g/mol. The van der Waals surface area contributed by atoms with Crippen molar-refractivity contribution in [2.24, 2.45) is 0 Å². The van der Waals surface area contributed by atoms with Crippen LogP contribution in [0.3, 0.4) is 0 Å². The number of hydrogen-bond acceptors (Lipinski definition) is 6. The maximum Gasteiger partial charge on any atom is 0.262 e. The maximum atomic E-state index is 13.2. The van der Waals surface area contributed by atoms with E-state index in [1.165, 1.54) is 18.9 Å². The lowest BCUT2D eigenvalue weighted by molar-refractivity contribution is -0.115. The number of rotatable bonds is 7. The van der Waals surface area contributed by atoms with Crippen molar-refractivity contribution in [2.75, 3.05) is 19.0 Å². The van der Waals surface area contributed by atoms with Crippen LogP contribution in [0.4, 0.5) is 5.69 Å². The molecule has 0 bridgehead atoms. The van der Waals surface area contributed by atoms with Gasteiger partial charge in [-0.25, -0.2) is 4.98 Å². The number of carbonyl (C=O) groups excluding carboxylic acids is 1. The Labute approximate surface area is 195 Å². The summed E-state index contributed by atoms with van der Waals surface area (Å²) in [5.74, 6) is 0.265. The number of benzene rings is 2. The number of ether oxygens (including phenoxy) is 2. The van der Waals surface area contributed by atoms with Crippen LogP contribution in [0.15, 0.2) is 52.4 Å². The molecule has 1 aromatic heterocycles. The summed E-state index contributed by atoms with van der Waals surface area (Å²) >= 11 is 7.31. The molecule has 2 aromatic carbocycles. The van der Waals surface area contributed by atoms with Crippen LogP contribution in [0.1, 0.15) is 19.8 Å². The van der Waals surface area contributed by atoms with E-state index in [2.05, 4.69) is 5.32 Å². The molecule has 2 heterocycles. The van der Waals surface area contributed by atoms with E-state index in [9.17, 15) is 9.59 Å². The first-order valence-corrected chi connectivity index (χ1v) is 11.6. The summed E-state index contributed by atoms with van der Waals surface area (Å²) in [6.07, 6.45) is 1.84. The fourth-order valence-corrected chi connectivity index (χ4v) is 4.70. The first-order valence-electron chi connectivity index (χ1n) is 10.4. The predicted octanol–water partition coefficient (Wildman–Crippen LogP) is 4.36. The number of halogens is 1. The van der Waals surface area contributed by atoms with E-state index in [0.717, 1.165) is 12.8 Å². The highest BCUT2D eigenvalue weighted by Gasteiger charge is 2.23. The van der Waals surface area contributed by atoms with Crippen LogP contribution in [-0.4, -0.2) is 40.5 Å². The van der Waals surface area contributed by atoms with E-state index in [1.54, 1.807) is 41.8 Å². The molecular weight excluding hydrogens is 450 g/mol. The van der Waals surface area contributed by atoms with Crippen LogP contribution in [0.25, 0.3) is 10.9 Å². The predicted molar refractivity (Wildman–Crippen MR) is 127 cm³/mol. The van der Waals surface area contributed by atoms with Gasteiger partial charge in [-0.1, -0.05) is 35.5 Å². The molecular formula is C23H24ClN3O4S. The molecule has 2 atom stereocenters. The minimum Gasteiger partial charge on any atom is -0.495 e. The van der Waals surface area contributed by atoms with Gasteiger partial charge in [0.1, 0.15) is 5.75 Å². The third kappa shape index (κ3) is 4.92. The molecule has 32 heavy (non-hydrogen) atoms. The standard InChI is InChI=1S/C23H24ClN3O4S/c1-14(21(28)25-19-12-15(24)9-10-20(19)30-2)32-23-26-18-8-4-3-7-17(18)22(29)27(23)13-16-6-5-11-31-16/h3-4,7-10,12,14,16H,5-6,11,13H2,1-2H3,(H,25,28)/t14-,16+/m1/s1. The van der Waals surface area contributed by atoms with Crippen molar-refractivity contribution in [2.45, 2.75) is 42.8 Å². The lowest BCUT2D eigenvalue weighted by atomic mass is 10.2. The number of nitrogens with zero attached hydrogens (tertiary/aromatic N) is 2. The van der Waals surface area contributed by atoms with Gasteiger partial charge in [-0.05, 0) is 50.1 Å². The second-order valence-corrected chi connectivity index (χ2v) is 9.30. The van der Waals surface area contributed by atoms with Crippen LogP contribution in [-0.2, 0) is 16.1 Å². The summed E-state index contributed by atoms with van der Waals surface area (Å²) in [6.45, 7) is 2.88. The van der Waals surface area contributed by atoms with Crippen LogP contribution in [0, 0.1) is 0 Å². The quantitative estimate of drug-likeness (QED) is 0.405. The van der Waals surface area contributed by atoms with E-state index >= 15 is 0 Å². The first kappa shape index (κ1) is 22.6. The number of fused-ring (bicyclic) bond motifs is 1. The van der Waals surface area contributed by atoms with Gasteiger partial charge in [-0.3, -0.25) is 14.2 Å². The molecule has 9 heteroatoms. The Morgan fingerprint density at radius 1 is 1.38 bits per heavy atom. The van der Waals surface area contributed by atoms with Crippen LogP contribution >= 0.6 is 23.4 Å². The SMILES string of the molecule is COc1ccc(Cl)cc1NC(=O)[C@@H](C)Sc1nc2ccccc2c(=O)n1C[C@@H]1CCCO1. The zero-order chi connectivity index (χ0) is 22.7. The summed E-state index contributed by atoms with van der Waals surface area (Å²) in [5, 5.41) is 3.86. The smallest absolute Gasteiger partial charge is 0.262 e. The van der Waals surface area contributed by atoms with Gasteiger partial charge in [-0.15, -0.1) is 0 Å². The molecule has 1 N–H and O–H groups in total. The molecule has 0 radical (unpaired) electrons. The molecule has 0 aliphatic carbocycles. The third-order valence-electron chi connectivity index (χ3n) is 5.31. The normalized spacial score (nSPS) is 16.8. The van der Waals surface area contributed by atoms with E-state index in [0.29, 0.717) is 45.7 Å². The van der Waals surface area contributed by atoms with Crippen LogP contribution in [0.2, 0.25) is 5.02 Å². The third-order valence-corrected chi connectivity index (χ3v) is 6.63. The highest BCUT2D eigenvalue weighted by molar-refractivity contribution is 8.00. The summed E-state index contributed by atoms with van der Waals surface area (Å²) in [6, 6.07) is 12.3. The fourth-order valence-electron chi connectivity index (χ4n) is 3.61. The Bertz CT molecular complexity index is 1190. The number of thioether (sulfide) groups is 1. The van der Waals surface area contributed by atoms with Crippen molar-refractivity contribution in [1.29, 1.82) is 0 Å². The molecule has 1 aliphatic rings. The average Bonchev–Trinajstić information content (AvgIpc) is 3.30. The minimum absolute atomic E-state index is 0.0325. The second kappa shape index (κ2) is 9.94. The van der Waals surface area contributed by atoms with Gasteiger partial charge in [0.15, 0.2) is 5.16 Å². The Morgan fingerprint density at radius 2 is 2.19 bits per heavy atom. The number of hydrogen-bond donors (Lipinski definition) is 1. The molecule has 1 saturated heterocycles. The van der Waals surface area contributed by atoms with Crippen molar-refractivity contribution in [3.05, 3.63) is 57.8 Å². The lowest BCUT2D eigenvalue weighted by Gasteiger charge is -2.19. The number of nitrogens with one attached hydrogen (secondary N) is 1. The molecule has 0 saturated carbocycles. The fraction of sp³-hybridized carbons (Fsp3) is 0.348. The van der Waals surface area contributed by atoms with Crippen molar-refractivity contribution in [3.8, 4) is 5.75 Å². The van der Waals surface area contributed by atoms with E-state index in [4.69, 9.17) is 26.1 Å². The van der Waals surface area contributed by atoms with Gasteiger partial charge in [-0.2, -0.15) is 0 Å². The van der Waals surface area contributed by atoms with Gasteiger partial charge in [0, 0.05) is 11.6 Å². The molecule has 168 valence electrons. The van der Waals surface area contributed by atoms with Crippen molar-refractivity contribution in [1.82, 2.24) is 9.55 Å². The first-order chi connectivity index (χ1) is 15.5. The number of methoxy groups -OCH3 is 1. The summed E-state index contributed by atoms with van der Waals surface area (Å²) in [7, 11) is 1.53. The van der Waals surface area contributed by atoms with Gasteiger partial charge in [0.25, 0.3) is 5.56 Å². The lowest BCUT2D eigenvalue weighted by Crippen LogP contribution is -2.30. The van der Waals surface area contributed by atoms with E-state index in [-0.39, 0.29) is 17.6 Å². The molecule has 1 fully saturated rings. The topological polar surface area (TPSA) is 82.5 Å². The zero-order valence-electron chi connectivity index (χ0n) is 17.8. The minimum atomic E-state index is -0.525. The van der Waals surface area contributed by atoms with Crippen molar-refractivity contribution in [3.63, 3.8) is 0 Å². The zero-order valence-corrected chi connectivity index (χ0v) is 19.4. The molecule has 3 aromatic rings. The largest absolute Gasteiger partial charge is 0.495 e. The Kier molecular flexibility index (Phi) is 7.03. The van der Waals surface area contributed by atoms with Gasteiger partial charge < -0.3 is 14.8 Å². The Hall–Kier alpha value is -2.55. The number of para-hydroxylation sites is 1. The Balaban J connectivity index is 1.61. The van der Waals surface area contributed by atoms with Gasteiger partial charge >= 0.3 is 0 Å². The summed E-state index contributed by atoms with van der Waals surface area (Å²) < 4.78 is 12.7. The molecule has 1 aliphatic heterocycles. The Morgan fingerprint density at radius 3 is 2.94 bits per heavy atom. The number of amides is 1. The van der Waals surface area contributed by atoms with E-state index < -0.39 is 5.25 Å². The molecule has 7 nitrogen and oxygen atoms in total. The van der Waals surface area contributed by atoms with Crippen molar-refractivity contribution < 1.29 is 14.3 Å². The molecule has 0 unspecified atom stereocenters. The average molecular weight is 474 g/mol. The van der Waals surface area contributed by atoms with Crippen LogP contribution in [0.5, 0.6) is 5.75 Å². The highest BCUT2D eigenvalue weighted by atomic mass is 35.5.